The number of aryl methyl sites for hydroxylation is 1. The van der Waals surface area contributed by atoms with Crippen LogP contribution in [0, 0.1) is 0 Å². The van der Waals surface area contributed by atoms with Gasteiger partial charge in [-0.3, -0.25) is 4.79 Å². The van der Waals surface area contributed by atoms with Crippen LogP contribution < -0.4 is 4.74 Å². The molecule has 0 radical (unpaired) electrons. The summed E-state index contributed by atoms with van der Waals surface area (Å²) < 4.78 is 5.85. The van der Waals surface area contributed by atoms with Crippen LogP contribution in [0.1, 0.15) is 29.3 Å². The molecule has 2 aromatic rings. The minimum absolute atomic E-state index is 0.657. The van der Waals surface area contributed by atoms with Gasteiger partial charge in [0.05, 0.1) is 0 Å². The van der Waals surface area contributed by atoms with E-state index in [1.807, 2.05) is 30.3 Å². The van der Waals surface area contributed by atoms with E-state index in [1.165, 1.54) is 5.56 Å². The summed E-state index contributed by atoms with van der Waals surface area (Å²) in [7, 11) is 0. The Morgan fingerprint density at radius 3 is 2.44 bits per heavy atom. The summed E-state index contributed by atoms with van der Waals surface area (Å²) in [4.78, 5) is 10.6. The molecule has 0 spiro atoms. The van der Waals surface area contributed by atoms with Gasteiger partial charge in [0.2, 0.25) is 0 Å². The van der Waals surface area contributed by atoms with Crippen LogP contribution in [0.5, 0.6) is 11.5 Å². The summed E-state index contributed by atoms with van der Waals surface area (Å²) in [6.07, 6.45) is 2.92. The van der Waals surface area contributed by atoms with Gasteiger partial charge in [-0.15, -0.1) is 0 Å². The van der Waals surface area contributed by atoms with Crippen LogP contribution in [0.25, 0.3) is 0 Å². The molecule has 0 amide bonds. The van der Waals surface area contributed by atoms with Crippen molar-refractivity contribution >= 4 is 6.29 Å². The molecule has 0 N–H and O–H groups in total. The Balaban J connectivity index is 2.19. The van der Waals surface area contributed by atoms with Gasteiger partial charge in [-0.2, -0.15) is 0 Å². The second-order valence-electron chi connectivity index (χ2n) is 4.15. The third-order valence-electron chi connectivity index (χ3n) is 2.74. The molecule has 2 aromatic carbocycles. The smallest absolute Gasteiger partial charge is 0.150 e. The van der Waals surface area contributed by atoms with Crippen molar-refractivity contribution in [2.45, 2.75) is 19.8 Å². The molecule has 2 nitrogen and oxygen atoms in total. The number of carbonyl (C=O) groups excluding carboxylic acids is 1. The van der Waals surface area contributed by atoms with Gasteiger partial charge in [0.1, 0.15) is 17.8 Å². The SMILES string of the molecule is CCCc1ccccc1Oc1ccc(C=O)cc1. The second-order valence-corrected chi connectivity index (χ2v) is 4.15. The highest BCUT2D eigenvalue weighted by atomic mass is 16.5. The van der Waals surface area contributed by atoms with E-state index in [0.29, 0.717) is 5.56 Å². The minimum Gasteiger partial charge on any atom is -0.457 e. The lowest BCUT2D eigenvalue weighted by atomic mass is 10.1. The Bertz CT molecular complexity index is 515. The number of carbonyl (C=O) groups is 1. The topological polar surface area (TPSA) is 26.3 Å². The van der Waals surface area contributed by atoms with Gasteiger partial charge in [0.15, 0.2) is 0 Å². The average Bonchev–Trinajstić information content (AvgIpc) is 2.42. The third-order valence-corrected chi connectivity index (χ3v) is 2.74. The normalized spacial score (nSPS) is 10.1. The summed E-state index contributed by atoms with van der Waals surface area (Å²) in [6, 6.07) is 15.2. The van der Waals surface area contributed by atoms with Gasteiger partial charge >= 0.3 is 0 Å². The summed E-state index contributed by atoms with van der Waals surface area (Å²) in [5, 5.41) is 0. The standard InChI is InChI=1S/C16H16O2/c1-2-5-14-6-3-4-7-16(14)18-15-10-8-13(12-17)9-11-15/h3-4,6-12H,2,5H2,1H3. The number of benzene rings is 2. The van der Waals surface area contributed by atoms with Crippen LogP contribution in [-0.2, 0) is 6.42 Å². The van der Waals surface area contributed by atoms with Gasteiger partial charge < -0.3 is 4.74 Å². The van der Waals surface area contributed by atoms with E-state index >= 15 is 0 Å². The molecule has 0 saturated carbocycles. The average molecular weight is 240 g/mol. The fourth-order valence-electron chi connectivity index (χ4n) is 1.82. The van der Waals surface area contributed by atoms with Gasteiger partial charge in [-0.1, -0.05) is 31.5 Å². The van der Waals surface area contributed by atoms with Crippen molar-refractivity contribution in [1.29, 1.82) is 0 Å². The molecule has 0 fully saturated rings. The van der Waals surface area contributed by atoms with Crippen LogP contribution in [0.2, 0.25) is 0 Å². The van der Waals surface area contributed by atoms with Gasteiger partial charge in [0.25, 0.3) is 0 Å². The molecule has 18 heavy (non-hydrogen) atoms. The monoisotopic (exact) mass is 240 g/mol. The molecule has 2 rings (SSSR count). The third kappa shape index (κ3) is 2.98. The highest BCUT2D eigenvalue weighted by molar-refractivity contribution is 5.74. The minimum atomic E-state index is 0.657. The molecule has 0 aromatic heterocycles. The van der Waals surface area contributed by atoms with E-state index in [1.54, 1.807) is 12.1 Å². The van der Waals surface area contributed by atoms with E-state index < -0.39 is 0 Å². The molecule has 2 heteroatoms. The van der Waals surface area contributed by atoms with Gasteiger partial charge in [0, 0.05) is 5.56 Å². The van der Waals surface area contributed by atoms with Crippen LogP contribution >= 0.6 is 0 Å². The van der Waals surface area contributed by atoms with Crippen molar-refractivity contribution in [3.05, 3.63) is 59.7 Å². The molecular formula is C16H16O2. The predicted octanol–water partition coefficient (Wildman–Crippen LogP) is 4.24. The van der Waals surface area contributed by atoms with Gasteiger partial charge in [-0.05, 0) is 42.3 Å². The zero-order valence-corrected chi connectivity index (χ0v) is 10.4. The fraction of sp³-hybridized carbons (Fsp3) is 0.188. The Morgan fingerprint density at radius 2 is 1.78 bits per heavy atom. The van der Waals surface area contributed by atoms with E-state index in [-0.39, 0.29) is 0 Å². The lowest BCUT2D eigenvalue weighted by molar-refractivity contribution is 0.112. The van der Waals surface area contributed by atoms with Gasteiger partial charge in [-0.25, -0.2) is 0 Å². The van der Waals surface area contributed by atoms with Crippen LogP contribution in [0.3, 0.4) is 0 Å². The first-order valence-corrected chi connectivity index (χ1v) is 6.14. The predicted molar refractivity (Wildman–Crippen MR) is 72.3 cm³/mol. The number of rotatable bonds is 5. The van der Waals surface area contributed by atoms with Crippen LogP contribution in [0.4, 0.5) is 0 Å². The van der Waals surface area contributed by atoms with Crippen LogP contribution in [0.15, 0.2) is 48.5 Å². The summed E-state index contributed by atoms with van der Waals surface area (Å²) in [5.74, 6) is 1.64. The fourth-order valence-corrected chi connectivity index (χ4v) is 1.82. The molecule has 0 aliphatic heterocycles. The molecular weight excluding hydrogens is 224 g/mol. The molecule has 0 unspecified atom stereocenters. The van der Waals surface area contributed by atoms with Crippen molar-refractivity contribution in [3.63, 3.8) is 0 Å². The molecule has 0 aliphatic rings. The maximum atomic E-state index is 10.6. The summed E-state index contributed by atoms with van der Waals surface area (Å²) >= 11 is 0. The highest BCUT2D eigenvalue weighted by Gasteiger charge is 2.03. The Hall–Kier alpha value is -2.09. The molecule has 0 heterocycles. The first-order chi connectivity index (χ1) is 8.83. The second kappa shape index (κ2) is 6.01. The molecule has 0 atom stereocenters. The zero-order chi connectivity index (χ0) is 12.8. The number of hydrogen-bond acceptors (Lipinski definition) is 2. The summed E-state index contributed by atoms with van der Waals surface area (Å²) in [6.45, 7) is 2.15. The zero-order valence-electron chi connectivity index (χ0n) is 10.4. The first kappa shape index (κ1) is 12.4. The molecule has 92 valence electrons. The highest BCUT2D eigenvalue weighted by Crippen LogP contribution is 2.26. The van der Waals surface area contributed by atoms with Crippen molar-refractivity contribution in [3.8, 4) is 11.5 Å². The van der Waals surface area contributed by atoms with E-state index in [4.69, 9.17) is 4.74 Å². The molecule has 0 bridgehead atoms. The maximum absolute atomic E-state index is 10.6. The van der Waals surface area contributed by atoms with E-state index in [9.17, 15) is 4.79 Å². The quantitative estimate of drug-likeness (QED) is 0.730. The van der Waals surface area contributed by atoms with Crippen molar-refractivity contribution in [2.24, 2.45) is 0 Å². The lowest BCUT2D eigenvalue weighted by Gasteiger charge is -2.10. The molecule has 0 aliphatic carbocycles. The largest absolute Gasteiger partial charge is 0.457 e. The molecule has 0 saturated heterocycles. The Morgan fingerprint density at radius 1 is 1.06 bits per heavy atom. The number of ether oxygens (including phenoxy) is 1. The van der Waals surface area contributed by atoms with Crippen LogP contribution in [-0.4, -0.2) is 6.29 Å². The number of para-hydroxylation sites is 1. The van der Waals surface area contributed by atoms with E-state index in [0.717, 1.165) is 30.6 Å². The summed E-state index contributed by atoms with van der Waals surface area (Å²) in [5.41, 5.74) is 1.86. The first-order valence-electron chi connectivity index (χ1n) is 6.14. The maximum Gasteiger partial charge on any atom is 0.150 e. The lowest BCUT2D eigenvalue weighted by Crippen LogP contribution is -1.91. The van der Waals surface area contributed by atoms with Crippen molar-refractivity contribution in [1.82, 2.24) is 0 Å². The number of aldehydes is 1. The Labute approximate surface area is 107 Å². The number of hydrogen-bond donors (Lipinski definition) is 0. The Kier molecular flexibility index (Phi) is 4.13. The van der Waals surface area contributed by atoms with Crippen molar-refractivity contribution in [2.75, 3.05) is 0 Å². The van der Waals surface area contributed by atoms with Crippen molar-refractivity contribution < 1.29 is 9.53 Å². The van der Waals surface area contributed by atoms with E-state index in [2.05, 4.69) is 13.0 Å².